The van der Waals surface area contributed by atoms with Crippen molar-refractivity contribution in [1.29, 1.82) is 0 Å². The van der Waals surface area contributed by atoms with Crippen LogP contribution in [0.4, 0.5) is 17.6 Å². The van der Waals surface area contributed by atoms with E-state index < -0.39 is 0 Å². The SMILES string of the molecule is Fc1ccc(-c2cc[n-]n2)cc1.Fc1ccc(-c2ccn[n-]2)cc1.Fc1ccc(-c2ccn[nH]2)cc1.Fc1ccc(-c2ccn[nH]2)cc1.[Cu+2]. The third-order valence-corrected chi connectivity index (χ3v) is 6.52. The molecule has 4 aromatic carbocycles. The maximum absolute atomic E-state index is 12.5. The average Bonchev–Trinajstić information content (AvgIpc) is 3.95. The van der Waals surface area contributed by atoms with Crippen molar-refractivity contribution in [1.82, 2.24) is 40.8 Å². The predicted molar refractivity (Wildman–Crippen MR) is 174 cm³/mol. The second-order valence-electron chi connectivity index (χ2n) is 9.80. The molecule has 0 aliphatic rings. The summed E-state index contributed by atoms with van der Waals surface area (Å²) in [6.07, 6.45) is 6.55. The van der Waals surface area contributed by atoms with Crippen molar-refractivity contribution in [3.8, 4) is 45.0 Å². The summed E-state index contributed by atoms with van der Waals surface area (Å²) < 4.78 is 50.0. The van der Waals surface area contributed by atoms with Gasteiger partial charge in [0.1, 0.15) is 23.3 Å². The Labute approximate surface area is 289 Å². The maximum Gasteiger partial charge on any atom is 2.00 e. The van der Waals surface area contributed by atoms with Gasteiger partial charge in [0.15, 0.2) is 0 Å². The summed E-state index contributed by atoms with van der Waals surface area (Å²) in [5.41, 5.74) is 6.99. The van der Waals surface area contributed by atoms with E-state index in [1.54, 1.807) is 85.5 Å². The van der Waals surface area contributed by atoms with Crippen LogP contribution in [0.3, 0.4) is 0 Å². The first kappa shape index (κ1) is 35.8. The molecule has 0 saturated carbocycles. The van der Waals surface area contributed by atoms with E-state index in [2.05, 4.69) is 40.8 Å². The Balaban J connectivity index is 0.000000146. The van der Waals surface area contributed by atoms with Crippen LogP contribution >= 0.6 is 0 Å². The van der Waals surface area contributed by atoms with Crippen LogP contribution in [-0.4, -0.2) is 30.6 Å². The van der Waals surface area contributed by atoms with Gasteiger partial charge in [-0.1, -0.05) is 24.3 Å². The van der Waals surface area contributed by atoms with Crippen LogP contribution in [0.2, 0.25) is 0 Å². The zero-order chi connectivity index (χ0) is 33.6. The van der Waals surface area contributed by atoms with E-state index in [4.69, 9.17) is 0 Å². The van der Waals surface area contributed by atoms with Crippen LogP contribution in [-0.2, 0) is 17.1 Å². The van der Waals surface area contributed by atoms with Crippen molar-refractivity contribution < 1.29 is 34.6 Å². The Morgan fingerprint density at radius 3 is 1.22 bits per heavy atom. The molecule has 0 saturated heterocycles. The molecule has 13 heteroatoms. The molecule has 4 heterocycles. The third kappa shape index (κ3) is 11.0. The zero-order valence-electron chi connectivity index (χ0n) is 25.4. The minimum absolute atomic E-state index is 0. The Kier molecular flexibility index (Phi) is 13.4. The molecule has 8 rings (SSSR count). The van der Waals surface area contributed by atoms with Gasteiger partial charge in [0.25, 0.3) is 0 Å². The normalized spacial score (nSPS) is 9.88. The van der Waals surface area contributed by atoms with Gasteiger partial charge in [0.05, 0.1) is 11.4 Å². The Morgan fingerprint density at radius 1 is 0.449 bits per heavy atom. The standard InChI is InChI=1S/2C9H7FN2.2C9H6FN2.Cu/c4*10-8-3-1-7(2-4-8)9-5-6-11-12-9;/h2*1-6H,(H,11,12);2*1-6H;/q;;2*-1;+2. The first-order chi connectivity index (χ1) is 23.4. The smallest absolute Gasteiger partial charge is 0.581 e. The van der Waals surface area contributed by atoms with E-state index in [1.165, 1.54) is 48.5 Å². The molecule has 0 spiro atoms. The van der Waals surface area contributed by atoms with E-state index in [0.29, 0.717) is 0 Å². The van der Waals surface area contributed by atoms with Crippen LogP contribution in [0.1, 0.15) is 0 Å². The fraction of sp³-hybridized carbons (Fsp3) is 0. The fourth-order valence-corrected chi connectivity index (χ4v) is 4.11. The molecule has 0 aliphatic heterocycles. The number of benzene rings is 4. The molecule has 0 aliphatic carbocycles. The van der Waals surface area contributed by atoms with E-state index in [9.17, 15) is 17.6 Å². The van der Waals surface area contributed by atoms with Crippen molar-refractivity contribution >= 4 is 0 Å². The van der Waals surface area contributed by atoms with Crippen LogP contribution < -0.4 is 10.2 Å². The summed E-state index contributed by atoms with van der Waals surface area (Å²) in [5, 5.41) is 28.2. The van der Waals surface area contributed by atoms with Crippen molar-refractivity contribution in [2.24, 2.45) is 0 Å². The summed E-state index contributed by atoms with van der Waals surface area (Å²) in [6, 6.07) is 32.1. The molecule has 49 heavy (non-hydrogen) atoms. The molecule has 8 aromatic rings. The molecule has 8 nitrogen and oxygen atoms in total. The average molecular weight is 710 g/mol. The summed E-state index contributed by atoms with van der Waals surface area (Å²) >= 11 is 0. The molecule has 0 fully saturated rings. The fourth-order valence-electron chi connectivity index (χ4n) is 4.11. The van der Waals surface area contributed by atoms with Gasteiger partial charge < -0.3 is 20.4 Å². The zero-order valence-corrected chi connectivity index (χ0v) is 26.3. The molecule has 0 bridgehead atoms. The molecule has 4 aromatic heterocycles. The number of aromatic nitrogens is 8. The molecule has 0 atom stereocenters. The van der Waals surface area contributed by atoms with Crippen molar-refractivity contribution in [3.63, 3.8) is 0 Å². The third-order valence-electron chi connectivity index (χ3n) is 6.52. The predicted octanol–water partition coefficient (Wildman–Crippen LogP) is 8.12. The number of hydrogen-bond donors (Lipinski definition) is 2. The first-order valence-corrected chi connectivity index (χ1v) is 14.4. The van der Waals surface area contributed by atoms with Gasteiger partial charge in [-0.2, -0.15) is 16.4 Å². The van der Waals surface area contributed by atoms with Crippen molar-refractivity contribution in [2.75, 3.05) is 0 Å². The second-order valence-corrected chi connectivity index (χ2v) is 9.80. The summed E-state index contributed by atoms with van der Waals surface area (Å²) in [7, 11) is 0. The molecule has 0 amide bonds. The minimum atomic E-state index is -0.238. The van der Waals surface area contributed by atoms with E-state index in [0.717, 1.165) is 45.0 Å². The van der Waals surface area contributed by atoms with E-state index in [-0.39, 0.29) is 40.3 Å². The Hall–Kier alpha value is -6.04. The van der Waals surface area contributed by atoms with Gasteiger partial charge in [0.2, 0.25) is 0 Å². The molecular formula is C36H26CuF4N8. The molecule has 2 N–H and O–H groups in total. The number of halogens is 4. The molecule has 0 unspecified atom stereocenters. The number of rotatable bonds is 4. The number of nitrogens with one attached hydrogen (secondary N) is 2. The van der Waals surface area contributed by atoms with Gasteiger partial charge in [-0.05, 0) is 119 Å². The number of H-pyrrole nitrogens is 2. The minimum Gasteiger partial charge on any atom is -0.581 e. The van der Waals surface area contributed by atoms with Crippen LogP contribution in [0.5, 0.6) is 0 Å². The molecular weight excluding hydrogens is 684 g/mol. The molecule has 1 radical (unpaired) electrons. The first-order valence-electron chi connectivity index (χ1n) is 14.4. The van der Waals surface area contributed by atoms with Crippen molar-refractivity contribution in [2.45, 2.75) is 0 Å². The Morgan fingerprint density at radius 2 is 0.878 bits per heavy atom. The second kappa shape index (κ2) is 18.3. The quantitative estimate of drug-likeness (QED) is 0.141. The summed E-state index contributed by atoms with van der Waals surface area (Å²) in [5.74, 6) is -0.923. The number of aromatic amines is 2. The Bertz CT molecular complexity index is 1710. The largest absolute Gasteiger partial charge is 2.00 e. The summed E-state index contributed by atoms with van der Waals surface area (Å²) in [6.45, 7) is 0. The van der Waals surface area contributed by atoms with E-state index >= 15 is 0 Å². The summed E-state index contributed by atoms with van der Waals surface area (Å²) in [4.78, 5) is 0. The van der Waals surface area contributed by atoms with Gasteiger partial charge in [-0.15, -0.1) is 5.69 Å². The van der Waals surface area contributed by atoms with Gasteiger partial charge >= 0.3 is 17.1 Å². The van der Waals surface area contributed by atoms with E-state index in [1.807, 2.05) is 12.1 Å². The van der Waals surface area contributed by atoms with Crippen molar-refractivity contribution in [3.05, 3.63) is 169 Å². The molecule has 249 valence electrons. The van der Waals surface area contributed by atoms with Crippen LogP contribution in [0.25, 0.3) is 45.0 Å². The maximum atomic E-state index is 12.5. The van der Waals surface area contributed by atoms with Crippen LogP contribution in [0, 0.1) is 23.3 Å². The van der Waals surface area contributed by atoms with Gasteiger partial charge in [-0.3, -0.25) is 10.2 Å². The monoisotopic (exact) mass is 709 g/mol. The number of nitrogens with zero attached hydrogens (tertiary/aromatic N) is 6. The topological polar surface area (TPSA) is 111 Å². The van der Waals surface area contributed by atoms with Gasteiger partial charge in [-0.25, -0.2) is 17.6 Å². The number of hydrogen-bond acceptors (Lipinski definition) is 4. The van der Waals surface area contributed by atoms with Gasteiger partial charge in [0, 0.05) is 24.3 Å². The van der Waals surface area contributed by atoms with Crippen LogP contribution in [0.15, 0.2) is 146 Å².